The number of nitrogens with one attached hydrogen (secondary N) is 3. The molecule has 1 atom stereocenters. The lowest BCUT2D eigenvalue weighted by molar-refractivity contribution is -0.123. The highest BCUT2D eigenvalue weighted by atomic mass is 19.1. The van der Waals surface area contributed by atoms with Gasteiger partial charge < -0.3 is 16.0 Å². The summed E-state index contributed by atoms with van der Waals surface area (Å²) in [5.41, 5.74) is 1.53. The van der Waals surface area contributed by atoms with E-state index >= 15 is 0 Å². The zero-order valence-corrected chi connectivity index (χ0v) is 12.8. The molecule has 0 saturated heterocycles. The minimum atomic E-state index is -0.733. The summed E-state index contributed by atoms with van der Waals surface area (Å²) in [4.78, 5) is 24.5. The van der Waals surface area contributed by atoms with E-state index in [2.05, 4.69) is 21.0 Å². The second-order valence-corrected chi connectivity index (χ2v) is 5.94. The average molecular weight is 329 g/mol. The van der Waals surface area contributed by atoms with Crippen LogP contribution in [0.4, 0.5) is 21.6 Å². The summed E-state index contributed by atoms with van der Waals surface area (Å²) in [6.45, 7) is 1.60. The largest absolute Gasteiger partial charge is 0.368 e. The summed E-state index contributed by atoms with van der Waals surface area (Å²) in [5.74, 6) is -1.02. The lowest BCUT2D eigenvalue weighted by atomic mass is 9.89. The van der Waals surface area contributed by atoms with Crippen LogP contribution in [0.15, 0.2) is 24.4 Å². The minimum absolute atomic E-state index is 0.0147. The smallest absolute Gasteiger partial charge is 0.232 e. The van der Waals surface area contributed by atoms with Gasteiger partial charge in [-0.05, 0) is 30.2 Å². The summed E-state index contributed by atoms with van der Waals surface area (Å²) >= 11 is 0. The predicted octanol–water partition coefficient (Wildman–Crippen LogP) is 1.90. The van der Waals surface area contributed by atoms with Crippen molar-refractivity contribution in [3.05, 3.63) is 35.8 Å². The molecular weight excluding hydrogens is 313 g/mol. The number of rotatable bonds is 2. The summed E-state index contributed by atoms with van der Waals surface area (Å²) in [7, 11) is 0. The molecule has 7 nitrogen and oxygen atoms in total. The Morgan fingerprint density at radius 2 is 2.29 bits per heavy atom. The van der Waals surface area contributed by atoms with Gasteiger partial charge in [0, 0.05) is 25.2 Å². The first-order valence-corrected chi connectivity index (χ1v) is 7.81. The maximum atomic E-state index is 13.6. The Morgan fingerprint density at radius 3 is 3.17 bits per heavy atom. The second-order valence-electron chi connectivity index (χ2n) is 5.94. The van der Waals surface area contributed by atoms with Crippen molar-refractivity contribution in [1.82, 2.24) is 9.78 Å². The fourth-order valence-corrected chi connectivity index (χ4v) is 3.15. The molecule has 1 aromatic heterocycles. The topological polar surface area (TPSA) is 88.0 Å². The Kier molecular flexibility index (Phi) is 3.44. The maximum absolute atomic E-state index is 13.6. The molecule has 1 unspecified atom stereocenters. The van der Waals surface area contributed by atoms with Crippen LogP contribution in [-0.2, 0) is 16.1 Å². The molecule has 3 N–H and O–H groups in total. The third-order valence-corrected chi connectivity index (χ3v) is 4.31. The van der Waals surface area contributed by atoms with E-state index in [-0.39, 0.29) is 18.2 Å². The van der Waals surface area contributed by atoms with Gasteiger partial charge in [0.1, 0.15) is 17.3 Å². The summed E-state index contributed by atoms with van der Waals surface area (Å²) in [5, 5.41) is 12.9. The molecular formula is C16H16FN5O2. The highest BCUT2D eigenvalue weighted by Gasteiger charge is 2.32. The highest BCUT2D eigenvalue weighted by molar-refractivity contribution is 6.05. The van der Waals surface area contributed by atoms with Crippen LogP contribution in [0.1, 0.15) is 24.3 Å². The first-order valence-electron chi connectivity index (χ1n) is 7.81. The zero-order chi connectivity index (χ0) is 16.7. The molecule has 8 heteroatoms. The van der Waals surface area contributed by atoms with Gasteiger partial charge in [-0.1, -0.05) is 0 Å². The lowest BCUT2D eigenvalue weighted by Crippen LogP contribution is -2.31. The Balaban J connectivity index is 1.62. The van der Waals surface area contributed by atoms with Crippen molar-refractivity contribution < 1.29 is 14.0 Å². The van der Waals surface area contributed by atoms with Crippen molar-refractivity contribution in [1.29, 1.82) is 0 Å². The van der Waals surface area contributed by atoms with Gasteiger partial charge in [0.05, 0.1) is 12.1 Å². The van der Waals surface area contributed by atoms with E-state index in [1.807, 2.05) is 0 Å². The van der Waals surface area contributed by atoms with Crippen molar-refractivity contribution >= 4 is 29.0 Å². The van der Waals surface area contributed by atoms with E-state index in [0.717, 1.165) is 25.3 Å². The number of hydrogen-bond acceptors (Lipinski definition) is 4. The number of halogens is 1. The van der Waals surface area contributed by atoms with Crippen molar-refractivity contribution in [3.8, 4) is 0 Å². The van der Waals surface area contributed by atoms with Crippen molar-refractivity contribution in [2.75, 3.05) is 22.5 Å². The Morgan fingerprint density at radius 1 is 1.42 bits per heavy atom. The van der Waals surface area contributed by atoms with Gasteiger partial charge in [0.2, 0.25) is 11.8 Å². The number of carbonyl (C=O) groups excluding carboxylic acids is 2. The third kappa shape index (κ3) is 2.49. The molecule has 0 radical (unpaired) electrons. The minimum Gasteiger partial charge on any atom is -0.368 e. The van der Waals surface area contributed by atoms with Crippen LogP contribution in [0.5, 0.6) is 0 Å². The Bertz CT molecular complexity index is 832. The number of aryl methyl sites for hydroxylation is 1. The molecule has 2 aliphatic rings. The molecule has 124 valence electrons. The number of amides is 2. The van der Waals surface area contributed by atoms with Crippen LogP contribution in [0.2, 0.25) is 0 Å². The van der Waals surface area contributed by atoms with Gasteiger partial charge >= 0.3 is 0 Å². The highest BCUT2D eigenvalue weighted by Crippen LogP contribution is 2.34. The first-order chi connectivity index (χ1) is 11.6. The molecule has 0 saturated carbocycles. The average Bonchev–Trinajstić information content (AvgIpc) is 2.98. The molecule has 24 heavy (non-hydrogen) atoms. The maximum Gasteiger partial charge on any atom is 0.232 e. The first kappa shape index (κ1) is 14.7. The molecule has 0 fully saturated rings. The van der Waals surface area contributed by atoms with Crippen LogP contribution in [0.3, 0.4) is 0 Å². The predicted molar refractivity (Wildman–Crippen MR) is 86.4 cm³/mol. The molecule has 2 aromatic rings. The number of aromatic nitrogens is 2. The molecule has 1 aromatic carbocycles. The second kappa shape index (κ2) is 5.63. The van der Waals surface area contributed by atoms with Gasteiger partial charge in [0.25, 0.3) is 0 Å². The van der Waals surface area contributed by atoms with E-state index in [1.54, 1.807) is 10.9 Å². The monoisotopic (exact) mass is 329 g/mol. The number of fused-ring (bicyclic) bond motifs is 2. The summed E-state index contributed by atoms with van der Waals surface area (Å²) < 4.78 is 15.4. The van der Waals surface area contributed by atoms with Gasteiger partial charge in [-0.25, -0.2) is 9.07 Å². The lowest BCUT2D eigenvalue weighted by Gasteiger charge is -2.25. The Labute approximate surface area is 137 Å². The van der Waals surface area contributed by atoms with Crippen LogP contribution in [0.25, 0.3) is 0 Å². The fourth-order valence-electron chi connectivity index (χ4n) is 3.15. The number of anilines is 3. The van der Waals surface area contributed by atoms with Crippen LogP contribution in [-0.4, -0.2) is 28.1 Å². The van der Waals surface area contributed by atoms with Gasteiger partial charge in [-0.2, -0.15) is 5.10 Å². The van der Waals surface area contributed by atoms with Crippen molar-refractivity contribution in [3.63, 3.8) is 0 Å². The number of hydrogen-bond donors (Lipinski definition) is 3. The standard InChI is InChI=1S/C16H16FN5O2/c17-9-2-3-12-10(6-9)11(7-14(23)20-12)16(24)21-13-8-19-22-5-1-4-18-15(13)22/h2-3,6,8,11,18H,1,4-5,7H2,(H,20,23)(H,21,24). The van der Waals surface area contributed by atoms with E-state index in [0.29, 0.717) is 16.9 Å². The van der Waals surface area contributed by atoms with Crippen LogP contribution < -0.4 is 16.0 Å². The molecule has 4 rings (SSSR count). The van der Waals surface area contributed by atoms with E-state index in [4.69, 9.17) is 0 Å². The molecule has 0 bridgehead atoms. The quantitative estimate of drug-likeness (QED) is 0.785. The number of nitrogens with zero attached hydrogens (tertiary/aromatic N) is 2. The third-order valence-electron chi connectivity index (χ3n) is 4.31. The van der Waals surface area contributed by atoms with Crippen LogP contribution >= 0.6 is 0 Å². The number of benzene rings is 1. The van der Waals surface area contributed by atoms with Gasteiger partial charge in [-0.3, -0.25) is 9.59 Å². The molecule has 2 amide bonds. The summed E-state index contributed by atoms with van der Waals surface area (Å²) in [6, 6.07) is 4.04. The van der Waals surface area contributed by atoms with Gasteiger partial charge in [0.15, 0.2) is 0 Å². The number of carbonyl (C=O) groups is 2. The zero-order valence-electron chi connectivity index (χ0n) is 12.8. The van der Waals surface area contributed by atoms with E-state index in [9.17, 15) is 14.0 Å². The van der Waals surface area contributed by atoms with Crippen LogP contribution in [0, 0.1) is 5.82 Å². The normalized spacial score (nSPS) is 18.9. The van der Waals surface area contributed by atoms with Crippen molar-refractivity contribution in [2.24, 2.45) is 0 Å². The van der Waals surface area contributed by atoms with E-state index < -0.39 is 11.7 Å². The van der Waals surface area contributed by atoms with Gasteiger partial charge in [-0.15, -0.1) is 0 Å². The molecule has 0 aliphatic carbocycles. The van der Waals surface area contributed by atoms with Crippen molar-refractivity contribution in [2.45, 2.75) is 25.3 Å². The SMILES string of the molecule is O=C1CC(C(=O)Nc2cnn3c2NCCC3)c2cc(F)ccc2N1. The molecule has 3 heterocycles. The van der Waals surface area contributed by atoms with E-state index in [1.165, 1.54) is 18.2 Å². The molecule has 2 aliphatic heterocycles. The Hall–Kier alpha value is -2.90. The molecule has 0 spiro atoms. The fraction of sp³-hybridized carbons (Fsp3) is 0.312. The summed E-state index contributed by atoms with van der Waals surface area (Å²) in [6.07, 6.45) is 2.54.